The van der Waals surface area contributed by atoms with Crippen molar-refractivity contribution in [1.29, 1.82) is 0 Å². The molecule has 0 aromatic heterocycles. The molecule has 1 rings (SSSR count). The van der Waals surface area contributed by atoms with Crippen molar-refractivity contribution in [3.05, 3.63) is 34.9 Å². The minimum absolute atomic E-state index is 0.100. The van der Waals surface area contributed by atoms with Gasteiger partial charge in [-0.2, -0.15) is 0 Å². The molecule has 0 unspecified atom stereocenters. The molecule has 0 fully saturated rings. The quantitative estimate of drug-likeness (QED) is 0.462. The van der Waals surface area contributed by atoms with Crippen LogP contribution < -0.4 is 0 Å². The fourth-order valence-electron chi connectivity index (χ4n) is 1.50. The van der Waals surface area contributed by atoms with Crippen LogP contribution in [0.2, 0.25) is 0 Å². The van der Waals surface area contributed by atoms with Gasteiger partial charge in [0.05, 0.1) is 12.7 Å². The Kier molecular flexibility index (Phi) is 4.50. The number of ketones is 1. The van der Waals surface area contributed by atoms with Gasteiger partial charge in [0.15, 0.2) is 5.78 Å². The fourth-order valence-corrected chi connectivity index (χ4v) is 1.72. The number of halogens is 1. The van der Waals surface area contributed by atoms with Crippen LogP contribution in [0.4, 0.5) is 0 Å². The Bertz CT molecular complexity index is 413. The second kappa shape index (κ2) is 5.66. The van der Waals surface area contributed by atoms with E-state index >= 15 is 0 Å². The molecule has 4 heteroatoms. The second-order valence-corrected chi connectivity index (χ2v) is 3.51. The lowest BCUT2D eigenvalue weighted by atomic mass is 9.97. The van der Waals surface area contributed by atoms with Crippen molar-refractivity contribution >= 4 is 23.4 Å². The minimum atomic E-state index is -0.510. The summed E-state index contributed by atoms with van der Waals surface area (Å²) >= 11 is 5.75. The number of carbonyl (C=O) groups is 2. The highest BCUT2D eigenvalue weighted by Gasteiger charge is 2.19. The number of hydrogen-bond acceptors (Lipinski definition) is 3. The summed E-state index contributed by atoms with van der Waals surface area (Å²) in [5.41, 5.74) is 1.33. The molecule has 0 amide bonds. The van der Waals surface area contributed by atoms with Gasteiger partial charge in [0.2, 0.25) is 0 Å². The van der Waals surface area contributed by atoms with Gasteiger partial charge < -0.3 is 4.74 Å². The van der Waals surface area contributed by atoms with Crippen LogP contribution in [0, 0.1) is 0 Å². The topological polar surface area (TPSA) is 43.4 Å². The van der Waals surface area contributed by atoms with E-state index in [1.165, 1.54) is 7.11 Å². The molecule has 0 radical (unpaired) electrons. The predicted octanol–water partition coefficient (Wildman–Crippen LogP) is 2.80. The van der Waals surface area contributed by atoms with Crippen molar-refractivity contribution in [3.63, 3.8) is 0 Å². The van der Waals surface area contributed by atoms with Gasteiger partial charge in [0, 0.05) is 17.9 Å². The maximum Gasteiger partial charge on any atom is 0.338 e. The average Bonchev–Trinajstić information content (AvgIpc) is 2.35. The fraction of sp³-hybridized carbons (Fsp3) is 0.333. The predicted molar refractivity (Wildman–Crippen MR) is 62.0 cm³/mol. The third kappa shape index (κ3) is 2.42. The number of methoxy groups -OCH3 is 1. The molecular formula is C12H13ClO3. The standard InChI is InChI=1S/C12H13ClO3/c1-3-10(14)11-8(7-13)5-4-6-9(11)12(15)16-2/h4-6H,3,7H2,1-2H3. The monoisotopic (exact) mass is 240 g/mol. The number of carbonyl (C=O) groups excluding carboxylic acids is 2. The normalized spacial score (nSPS) is 9.94. The van der Waals surface area contributed by atoms with Gasteiger partial charge in [0.25, 0.3) is 0 Å². The molecule has 0 N–H and O–H groups in total. The number of rotatable bonds is 4. The molecule has 0 aliphatic rings. The zero-order valence-corrected chi connectivity index (χ0v) is 10.0. The van der Waals surface area contributed by atoms with Crippen LogP contribution >= 0.6 is 11.6 Å². The van der Waals surface area contributed by atoms with E-state index in [2.05, 4.69) is 4.74 Å². The summed E-state index contributed by atoms with van der Waals surface area (Å²) < 4.78 is 4.64. The van der Waals surface area contributed by atoms with Crippen LogP contribution in [-0.4, -0.2) is 18.9 Å². The molecule has 0 saturated carbocycles. The van der Waals surface area contributed by atoms with E-state index in [0.717, 1.165) is 0 Å². The van der Waals surface area contributed by atoms with E-state index in [4.69, 9.17) is 11.6 Å². The van der Waals surface area contributed by atoms with Crippen LogP contribution in [0.25, 0.3) is 0 Å². The smallest absolute Gasteiger partial charge is 0.338 e. The van der Waals surface area contributed by atoms with Gasteiger partial charge in [0.1, 0.15) is 0 Å². The molecule has 16 heavy (non-hydrogen) atoms. The summed E-state index contributed by atoms with van der Waals surface area (Å²) in [6, 6.07) is 5.00. The molecule has 0 spiro atoms. The molecule has 0 saturated heterocycles. The SMILES string of the molecule is CCC(=O)c1c(CCl)cccc1C(=O)OC. The number of esters is 1. The second-order valence-electron chi connectivity index (χ2n) is 3.24. The van der Waals surface area contributed by atoms with Crippen LogP contribution in [0.3, 0.4) is 0 Å². The molecule has 0 atom stereocenters. The zero-order chi connectivity index (χ0) is 12.1. The van der Waals surface area contributed by atoms with Crippen LogP contribution in [0.15, 0.2) is 18.2 Å². The van der Waals surface area contributed by atoms with E-state index in [9.17, 15) is 9.59 Å². The number of benzene rings is 1. The lowest BCUT2D eigenvalue weighted by Gasteiger charge is -2.09. The Morgan fingerprint density at radius 3 is 2.56 bits per heavy atom. The molecule has 3 nitrogen and oxygen atoms in total. The molecule has 0 heterocycles. The Morgan fingerprint density at radius 1 is 1.38 bits per heavy atom. The van der Waals surface area contributed by atoms with Gasteiger partial charge in [-0.05, 0) is 11.6 Å². The van der Waals surface area contributed by atoms with Crippen molar-refractivity contribution < 1.29 is 14.3 Å². The highest BCUT2D eigenvalue weighted by Crippen LogP contribution is 2.19. The Labute approximate surface area is 99.4 Å². The maximum absolute atomic E-state index is 11.8. The Morgan fingerprint density at radius 2 is 2.06 bits per heavy atom. The first-order chi connectivity index (χ1) is 7.65. The molecule has 0 bridgehead atoms. The third-order valence-corrected chi connectivity index (χ3v) is 2.59. The van der Waals surface area contributed by atoms with Crippen LogP contribution in [-0.2, 0) is 10.6 Å². The maximum atomic E-state index is 11.8. The number of ether oxygens (including phenoxy) is 1. The van der Waals surface area contributed by atoms with Crippen LogP contribution in [0.1, 0.15) is 39.6 Å². The highest BCUT2D eigenvalue weighted by molar-refractivity contribution is 6.18. The lowest BCUT2D eigenvalue weighted by molar-refractivity contribution is 0.0597. The number of hydrogen-bond donors (Lipinski definition) is 0. The molecule has 86 valence electrons. The number of alkyl halides is 1. The Hall–Kier alpha value is -1.35. The first-order valence-electron chi connectivity index (χ1n) is 4.95. The lowest BCUT2D eigenvalue weighted by Crippen LogP contribution is -2.12. The molecule has 0 aliphatic carbocycles. The first kappa shape index (κ1) is 12.7. The Balaban J connectivity index is 3.37. The van der Waals surface area contributed by atoms with E-state index < -0.39 is 5.97 Å². The largest absolute Gasteiger partial charge is 0.465 e. The number of Topliss-reactive ketones (excluding diaryl/α,β-unsaturated/α-hetero) is 1. The summed E-state index contributed by atoms with van der Waals surface area (Å²) in [7, 11) is 1.29. The van der Waals surface area contributed by atoms with Crippen molar-refractivity contribution in [2.45, 2.75) is 19.2 Å². The summed E-state index contributed by atoms with van der Waals surface area (Å²) in [4.78, 5) is 23.3. The van der Waals surface area contributed by atoms with Gasteiger partial charge in [-0.1, -0.05) is 19.1 Å². The van der Waals surface area contributed by atoms with Gasteiger partial charge in [-0.25, -0.2) is 4.79 Å². The van der Waals surface area contributed by atoms with Crippen molar-refractivity contribution in [2.24, 2.45) is 0 Å². The van der Waals surface area contributed by atoms with Crippen molar-refractivity contribution in [3.8, 4) is 0 Å². The van der Waals surface area contributed by atoms with Gasteiger partial charge in [-0.3, -0.25) is 4.79 Å². The minimum Gasteiger partial charge on any atom is -0.465 e. The van der Waals surface area contributed by atoms with Crippen LogP contribution in [0.5, 0.6) is 0 Å². The summed E-state index contributed by atoms with van der Waals surface area (Å²) in [6.07, 6.45) is 0.331. The average molecular weight is 241 g/mol. The highest BCUT2D eigenvalue weighted by atomic mass is 35.5. The van der Waals surface area contributed by atoms with E-state index in [-0.39, 0.29) is 17.2 Å². The summed E-state index contributed by atoms with van der Waals surface area (Å²) in [6.45, 7) is 1.74. The third-order valence-electron chi connectivity index (χ3n) is 2.30. The molecule has 0 aliphatic heterocycles. The first-order valence-corrected chi connectivity index (χ1v) is 5.48. The molecular weight excluding hydrogens is 228 g/mol. The van der Waals surface area contributed by atoms with Crippen molar-refractivity contribution in [2.75, 3.05) is 7.11 Å². The van der Waals surface area contributed by atoms with E-state index in [1.54, 1.807) is 25.1 Å². The van der Waals surface area contributed by atoms with E-state index in [0.29, 0.717) is 17.5 Å². The summed E-state index contributed by atoms with van der Waals surface area (Å²) in [5, 5.41) is 0. The van der Waals surface area contributed by atoms with Gasteiger partial charge >= 0.3 is 5.97 Å². The zero-order valence-electron chi connectivity index (χ0n) is 9.25. The van der Waals surface area contributed by atoms with Crippen molar-refractivity contribution in [1.82, 2.24) is 0 Å². The summed E-state index contributed by atoms with van der Waals surface area (Å²) in [5.74, 6) is -0.410. The van der Waals surface area contributed by atoms with Gasteiger partial charge in [-0.15, -0.1) is 11.6 Å². The van der Waals surface area contributed by atoms with E-state index in [1.807, 2.05) is 0 Å². The molecule has 1 aromatic rings. The molecule has 1 aromatic carbocycles.